The Balaban J connectivity index is 0.916. The van der Waals surface area contributed by atoms with Gasteiger partial charge in [-0.15, -0.1) is 0 Å². The molecule has 352 valence electrons. The van der Waals surface area contributed by atoms with E-state index in [0.717, 1.165) is 44.4 Å². The van der Waals surface area contributed by atoms with E-state index in [1.807, 2.05) is 0 Å². The number of ether oxygens (including phenoxy) is 1. The SMILES string of the molecule is CCCCCCCCCCCCCCCCCCCCCCCCCCCC(=O)O[C@H]1CC[C@]2(C)[C@H]3C(=O)C=C4[C@@H]5[C@@H](C)[C@H](C)CC[C@]5(C)CC[C@@]4(C)[C@]3(C)CC[C@H]2C1(C)C. The second-order valence-corrected chi connectivity index (χ2v) is 24.4. The molecule has 0 unspecified atom stereocenters. The maximum atomic E-state index is 14.7. The number of esters is 1. The van der Waals surface area contributed by atoms with Crippen molar-refractivity contribution in [3.05, 3.63) is 11.6 Å². The lowest BCUT2D eigenvalue weighted by Crippen LogP contribution is -2.67. The quantitative estimate of drug-likeness (QED) is 0.0611. The predicted octanol–water partition coefficient (Wildman–Crippen LogP) is 17.9. The molecule has 0 aliphatic heterocycles. The average Bonchev–Trinajstić information content (AvgIpc) is 3.21. The summed E-state index contributed by atoms with van der Waals surface area (Å²) >= 11 is 0. The first-order chi connectivity index (χ1) is 29.2. The highest BCUT2D eigenvalue weighted by molar-refractivity contribution is 5.95. The van der Waals surface area contributed by atoms with Gasteiger partial charge >= 0.3 is 5.97 Å². The number of allylic oxidation sites excluding steroid dienone is 2. The molecule has 5 aliphatic carbocycles. The number of hydrogen-bond donors (Lipinski definition) is 0. The minimum absolute atomic E-state index is 0.00586. The van der Waals surface area contributed by atoms with Crippen LogP contribution in [0.1, 0.15) is 281 Å². The molecule has 0 heterocycles. The molecular weight excluding hydrogens is 745 g/mol. The highest BCUT2D eigenvalue weighted by Gasteiger charge is 2.70. The molecule has 0 N–H and O–H groups in total. The largest absolute Gasteiger partial charge is 0.462 e. The second-order valence-electron chi connectivity index (χ2n) is 24.4. The van der Waals surface area contributed by atoms with Gasteiger partial charge in [-0.25, -0.2) is 0 Å². The topological polar surface area (TPSA) is 43.4 Å². The van der Waals surface area contributed by atoms with E-state index in [9.17, 15) is 9.59 Å². The van der Waals surface area contributed by atoms with E-state index in [1.165, 1.54) is 179 Å². The summed E-state index contributed by atoms with van der Waals surface area (Å²) in [6.07, 6.45) is 46.7. The van der Waals surface area contributed by atoms with Gasteiger partial charge in [-0.2, -0.15) is 0 Å². The lowest BCUT2D eigenvalue weighted by molar-refractivity contribution is -0.211. The van der Waals surface area contributed by atoms with Gasteiger partial charge in [0.15, 0.2) is 5.78 Å². The van der Waals surface area contributed by atoms with Crippen LogP contribution in [-0.2, 0) is 14.3 Å². The average molecular weight is 847 g/mol. The summed E-state index contributed by atoms with van der Waals surface area (Å²) in [6.45, 7) is 22.1. The third kappa shape index (κ3) is 12.0. The molecule has 3 nitrogen and oxygen atoms in total. The van der Waals surface area contributed by atoms with Gasteiger partial charge in [0.05, 0.1) is 0 Å². The molecule has 10 atom stereocenters. The highest BCUT2D eigenvalue weighted by atomic mass is 16.5. The number of rotatable bonds is 27. The van der Waals surface area contributed by atoms with Crippen molar-refractivity contribution in [3.8, 4) is 0 Å². The number of unbranched alkanes of at least 4 members (excludes halogenated alkanes) is 24. The smallest absolute Gasteiger partial charge is 0.306 e. The standard InChI is InChI=1S/C58H102O3/c1-10-11-12-13-14-15-16-17-18-19-20-21-22-23-24-25-26-27-28-29-30-31-32-33-34-35-51(60)61-50-38-40-56(7)49(54(50,4)5)37-41-58(9)53(56)48(59)44-47-52-46(3)45(2)36-39-55(52,6)42-43-57(47,58)8/h44-46,49-50,52-53H,10-43H2,1-9H3/t45-,46+,49+,50+,52+,53-,55-,56+,57-,58-/m1/s1. The Morgan fingerprint density at radius 1 is 0.590 bits per heavy atom. The molecule has 3 heteroatoms. The molecule has 0 amide bonds. The van der Waals surface area contributed by atoms with E-state index >= 15 is 0 Å². The van der Waals surface area contributed by atoms with Gasteiger partial charge in [-0.3, -0.25) is 9.59 Å². The first-order valence-electron chi connectivity index (χ1n) is 27.6. The first-order valence-corrected chi connectivity index (χ1v) is 27.6. The third-order valence-corrected chi connectivity index (χ3v) is 19.8. The summed E-state index contributed by atoms with van der Waals surface area (Å²) in [6, 6.07) is 0. The Labute approximate surface area is 379 Å². The van der Waals surface area contributed by atoms with E-state index in [-0.39, 0.29) is 39.7 Å². The number of carbonyl (C=O) groups is 2. The zero-order valence-corrected chi connectivity index (χ0v) is 42.3. The van der Waals surface area contributed by atoms with Gasteiger partial charge in [-0.05, 0) is 109 Å². The molecule has 5 rings (SSSR count). The van der Waals surface area contributed by atoms with Gasteiger partial charge in [0.2, 0.25) is 0 Å². The molecule has 4 fully saturated rings. The van der Waals surface area contributed by atoms with Gasteiger partial charge < -0.3 is 4.74 Å². The first kappa shape index (κ1) is 50.9. The van der Waals surface area contributed by atoms with Crippen LogP contribution in [0.4, 0.5) is 0 Å². The van der Waals surface area contributed by atoms with Gasteiger partial charge in [0.1, 0.15) is 6.10 Å². The lowest BCUT2D eigenvalue weighted by Gasteiger charge is -2.70. The number of carbonyl (C=O) groups excluding carboxylic acids is 2. The van der Waals surface area contributed by atoms with E-state index in [2.05, 4.69) is 68.4 Å². The Morgan fingerprint density at radius 2 is 1.07 bits per heavy atom. The summed E-state index contributed by atoms with van der Waals surface area (Å²) in [7, 11) is 0. The minimum Gasteiger partial charge on any atom is -0.462 e. The Hall–Kier alpha value is -1.12. The van der Waals surface area contributed by atoms with Crippen LogP contribution in [0.2, 0.25) is 0 Å². The minimum atomic E-state index is -0.139. The van der Waals surface area contributed by atoms with Crippen LogP contribution in [-0.4, -0.2) is 17.9 Å². The Morgan fingerprint density at radius 3 is 1.56 bits per heavy atom. The molecule has 0 spiro atoms. The zero-order valence-electron chi connectivity index (χ0n) is 42.3. The molecular formula is C58H102O3. The molecule has 0 radical (unpaired) electrons. The van der Waals surface area contributed by atoms with Crippen molar-refractivity contribution in [2.24, 2.45) is 56.7 Å². The van der Waals surface area contributed by atoms with Crippen LogP contribution in [0, 0.1) is 56.7 Å². The summed E-state index contributed by atoms with van der Waals surface area (Å²) in [5.74, 6) is 2.74. The summed E-state index contributed by atoms with van der Waals surface area (Å²) < 4.78 is 6.41. The van der Waals surface area contributed by atoms with Crippen LogP contribution in [0.25, 0.3) is 0 Å². The molecule has 0 aromatic carbocycles. The lowest BCUT2D eigenvalue weighted by atomic mass is 9.33. The Bertz CT molecular complexity index is 1380. The zero-order chi connectivity index (χ0) is 44.2. The van der Waals surface area contributed by atoms with Crippen molar-refractivity contribution in [1.29, 1.82) is 0 Å². The Kier molecular flexibility index (Phi) is 19.5. The van der Waals surface area contributed by atoms with Gasteiger partial charge in [0, 0.05) is 17.8 Å². The van der Waals surface area contributed by atoms with Crippen molar-refractivity contribution in [2.45, 2.75) is 287 Å². The molecule has 5 aliphatic rings. The molecule has 0 aromatic rings. The van der Waals surface area contributed by atoms with E-state index in [0.29, 0.717) is 35.4 Å². The maximum absolute atomic E-state index is 14.7. The fraction of sp³-hybridized carbons (Fsp3) is 0.931. The highest BCUT2D eigenvalue weighted by Crippen LogP contribution is 2.75. The molecule has 0 saturated heterocycles. The molecule has 61 heavy (non-hydrogen) atoms. The maximum Gasteiger partial charge on any atom is 0.306 e. The summed E-state index contributed by atoms with van der Waals surface area (Å²) in [5.41, 5.74) is 1.71. The van der Waals surface area contributed by atoms with Crippen molar-refractivity contribution in [1.82, 2.24) is 0 Å². The fourth-order valence-electron chi connectivity index (χ4n) is 15.5. The number of hydrogen-bond acceptors (Lipinski definition) is 3. The predicted molar refractivity (Wildman–Crippen MR) is 261 cm³/mol. The number of ketones is 1. The van der Waals surface area contributed by atoms with Crippen LogP contribution < -0.4 is 0 Å². The fourth-order valence-corrected chi connectivity index (χ4v) is 15.5. The number of fused-ring (bicyclic) bond motifs is 7. The van der Waals surface area contributed by atoms with E-state index < -0.39 is 0 Å². The molecule has 0 bridgehead atoms. The van der Waals surface area contributed by atoms with Crippen molar-refractivity contribution < 1.29 is 14.3 Å². The van der Waals surface area contributed by atoms with Crippen LogP contribution in [0.15, 0.2) is 11.6 Å². The van der Waals surface area contributed by atoms with Gasteiger partial charge in [-0.1, -0.05) is 222 Å². The molecule has 0 aromatic heterocycles. The van der Waals surface area contributed by atoms with Crippen molar-refractivity contribution >= 4 is 11.8 Å². The summed E-state index contributed by atoms with van der Waals surface area (Å²) in [5, 5.41) is 0. The van der Waals surface area contributed by atoms with Crippen LogP contribution in [0.3, 0.4) is 0 Å². The molecule has 4 saturated carbocycles. The van der Waals surface area contributed by atoms with Gasteiger partial charge in [0.25, 0.3) is 0 Å². The second kappa shape index (κ2) is 23.4. The van der Waals surface area contributed by atoms with E-state index in [1.54, 1.807) is 0 Å². The van der Waals surface area contributed by atoms with Crippen LogP contribution >= 0.6 is 0 Å². The van der Waals surface area contributed by atoms with Crippen LogP contribution in [0.5, 0.6) is 0 Å². The van der Waals surface area contributed by atoms with Crippen molar-refractivity contribution in [3.63, 3.8) is 0 Å². The normalized spacial score (nSPS) is 35.4. The summed E-state index contributed by atoms with van der Waals surface area (Å²) in [4.78, 5) is 28.1. The third-order valence-electron chi connectivity index (χ3n) is 19.8. The monoisotopic (exact) mass is 847 g/mol. The van der Waals surface area contributed by atoms with E-state index in [4.69, 9.17) is 4.74 Å². The van der Waals surface area contributed by atoms with Crippen molar-refractivity contribution in [2.75, 3.05) is 0 Å².